The van der Waals surface area contributed by atoms with Gasteiger partial charge in [-0.2, -0.15) is 0 Å². The fraction of sp³-hybridized carbons (Fsp3) is 0.423. The number of rotatable bonds is 7. The standard InChI is InChI=1S/C26H30FN5O3/c1-31(2)9-5-11-35-22-8-7-16(14-28-22)18-12-19-21(13-20(18)27)29-23(17-6-4-10-34-15-17)25-24(19)30-26(33)32(25)3/h7-8,12-14,17H,4-6,9-11,15H2,1-3H3,(H,30,33)/t17-/m1/s1. The topological polar surface area (TPSA) is 85.3 Å². The molecule has 4 aromatic rings. The summed E-state index contributed by atoms with van der Waals surface area (Å²) >= 11 is 0. The summed E-state index contributed by atoms with van der Waals surface area (Å²) in [6.07, 6.45) is 4.35. The van der Waals surface area contributed by atoms with Gasteiger partial charge in [-0.3, -0.25) is 4.57 Å². The Balaban J connectivity index is 1.52. The molecule has 1 aromatic carbocycles. The third-order valence-corrected chi connectivity index (χ3v) is 6.54. The van der Waals surface area contributed by atoms with E-state index in [2.05, 4.69) is 14.9 Å². The SMILES string of the molecule is CN(C)CCCOc1ccc(-c2cc3c(cc2F)nc([C@@H]2CCCOC2)c2c3[nH]c(=O)n2C)cn1. The largest absolute Gasteiger partial charge is 0.478 e. The van der Waals surface area contributed by atoms with E-state index in [0.29, 0.717) is 46.6 Å². The Morgan fingerprint density at radius 2 is 2.17 bits per heavy atom. The number of H-pyrrole nitrogens is 1. The van der Waals surface area contributed by atoms with Crippen molar-refractivity contribution in [1.29, 1.82) is 0 Å². The molecule has 5 rings (SSSR count). The third kappa shape index (κ3) is 4.66. The normalized spacial score (nSPS) is 16.4. The predicted molar refractivity (Wildman–Crippen MR) is 133 cm³/mol. The molecule has 1 N–H and O–H groups in total. The van der Waals surface area contributed by atoms with Gasteiger partial charge in [0.1, 0.15) is 5.82 Å². The number of imidazole rings is 1. The first-order chi connectivity index (χ1) is 16.9. The lowest BCUT2D eigenvalue weighted by Crippen LogP contribution is -2.19. The van der Waals surface area contributed by atoms with Crippen molar-refractivity contribution in [2.45, 2.75) is 25.2 Å². The van der Waals surface area contributed by atoms with Gasteiger partial charge >= 0.3 is 5.69 Å². The summed E-state index contributed by atoms with van der Waals surface area (Å²) in [4.78, 5) is 26.8. The molecule has 3 aromatic heterocycles. The maximum absolute atomic E-state index is 15.3. The summed E-state index contributed by atoms with van der Waals surface area (Å²) in [6, 6.07) is 6.73. The van der Waals surface area contributed by atoms with Crippen LogP contribution in [0, 0.1) is 5.82 Å². The molecule has 1 atom stereocenters. The van der Waals surface area contributed by atoms with E-state index >= 15 is 4.39 Å². The first-order valence-corrected chi connectivity index (χ1v) is 12.0. The lowest BCUT2D eigenvalue weighted by atomic mass is 9.95. The highest BCUT2D eigenvalue weighted by Gasteiger charge is 2.24. The van der Waals surface area contributed by atoms with Gasteiger partial charge in [0.25, 0.3) is 0 Å². The van der Waals surface area contributed by atoms with Crippen LogP contribution in [0.2, 0.25) is 0 Å². The van der Waals surface area contributed by atoms with E-state index in [1.807, 2.05) is 14.1 Å². The smallest absolute Gasteiger partial charge is 0.326 e. The molecule has 0 unspecified atom stereocenters. The third-order valence-electron chi connectivity index (χ3n) is 6.54. The number of hydrogen-bond acceptors (Lipinski definition) is 6. The van der Waals surface area contributed by atoms with E-state index in [1.54, 1.807) is 36.0 Å². The second-order valence-electron chi connectivity index (χ2n) is 9.36. The van der Waals surface area contributed by atoms with Gasteiger partial charge in [-0.05, 0) is 45.5 Å². The van der Waals surface area contributed by atoms with Crippen molar-refractivity contribution in [2.75, 3.05) is 40.5 Å². The minimum Gasteiger partial charge on any atom is -0.478 e. The van der Waals surface area contributed by atoms with Crippen molar-refractivity contribution in [2.24, 2.45) is 7.05 Å². The molecule has 0 bridgehead atoms. The monoisotopic (exact) mass is 479 g/mol. The highest BCUT2D eigenvalue weighted by atomic mass is 19.1. The van der Waals surface area contributed by atoms with Crippen LogP contribution in [0.1, 0.15) is 30.9 Å². The molecule has 1 saturated heterocycles. The van der Waals surface area contributed by atoms with Crippen LogP contribution in [-0.4, -0.2) is 64.9 Å². The first-order valence-electron chi connectivity index (χ1n) is 12.0. The van der Waals surface area contributed by atoms with Gasteiger partial charge in [0.15, 0.2) is 0 Å². The quantitative estimate of drug-likeness (QED) is 0.406. The van der Waals surface area contributed by atoms with E-state index in [1.165, 1.54) is 6.07 Å². The summed E-state index contributed by atoms with van der Waals surface area (Å²) in [5, 5.41) is 0.693. The van der Waals surface area contributed by atoms with Crippen LogP contribution in [-0.2, 0) is 11.8 Å². The van der Waals surface area contributed by atoms with Crippen LogP contribution in [0.15, 0.2) is 35.3 Å². The second kappa shape index (κ2) is 9.75. The molecule has 1 aliphatic rings. The van der Waals surface area contributed by atoms with Crippen LogP contribution in [0.3, 0.4) is 0 Å². The number of aryl methyl sites for hydroxylation is 1. The molecule has 1 fully saturated rings. The summed E-state index contributed by atoms with van der Waals surface area (Å²) < 4.78 is 28.2. The maximum Gasteiger partial charge on any atom is 0.326 e. The van der Waals surface area contributed by atoms with Crippen molar-refractivity contribution < 1.29 is 13.9 Å². The molecule has 184 valence electrons. The molecule has 0 spiro atoms. The van der Waals surface area contributed by atoms with Crippen LogP contribution in [0.25, 0.3) is 33.1 Å². The number of nitrogens with zero attached hydrogens (tertiary/aromatic N) is 4. The van der Waals surface area contributed by atoms with Gasteiger partial charge in [0, 0.05) is 61.0 Å². The zero-order valence-corrected chi connectivity index (χ0v) is 20.3. The summed E-state index contributed by atoms with van der Waals surface area (Å²) in [5.74, 6) is 0.175. The van der Waals surface area contributed by atoms with Gasteiger partial charge in [0.2, 0.25) is 5.88 Å². The number of nitrogens with one attached hydrogen (secondary N) is 1. The van der Waals surface area contributed by atoms with Gasteiger partial charge in [0.05, 0.1) is 35.5 Å². The van der Waals surface area contributed by atoms with Gasteiger partial charge in [-0.15, -0.1) is 0 Å². The fourth-order valence-corrected chi connectivity index (χ4v) is 4.70. The Hall–Kier alpha value is -3.30. The van der Waals surface area contributed by atoms with Crippen molar-refractivity contribution in [1.82, 2.24) is 24.4 Å². The van der Waals surface area contributed by atoms with Crippen molar-refractivity contribution >= 4 is 21.9 Å². The zero-order chi connectivity index (χ0) is 24.5. The van der Waals surface area contributed by atoms with E-state index in [9.17, 15) is 4.79 Å². The van der Waals surface area contributed by atoms with E-state index in [0.717, 1.165) is 43.6 Å². The number of pyridine rings is 2. The molecule has 1 aliphatic heterocycles. The zero-order valence-electron chi connectivity index (χ0n) is 20.3. The molecule has 0 radical (unpaired) electrons. The maximum atomic E-state index is 15.3. The fourth-order valence-electron chi connectivity index (χ4n) is 4.70. The lowest BCUT2D eigenvalue weighted by molar-refractivity contribution is 0.0797. The van der Waals surface area contributed by atoms with Crippen LogP contribution in [0.4, 0.5) is 4.39 Å². The number of hydrogen-bond donors (Lipinski definition) is 1. The van der Waals surface area contributed by atoms with Crippen molar-refractivity contribution in [3.63, 3.8) is 0 Å². The summed E-state index contributed by atoms with van der Waals surface area (Å²) in [5.41, 5.74) is 3.49. The minimum atomic E-state index is -0.394. The van der Waals surface area contributed by atoms with Crippen LogP contribution < -0.4 is 10.4 Å². The molecule has 9 heteroatoms. The minimum absolute atomic E-state index is 0.0641. The Labute approximate surface area is 202 Å². The van der Waals surface area contributed by atoms with Crippen molar-refractivity contribution in [3.8, 4) is 17.0 Å². The Morgan fingerprint density at radius 3 is 2.89 bits per heavy atom. The van der Waals surface area contributed by atoms with Gasteiger partial charge in [-0.25, -0.2) is 19.2 Å². The van der Waals surface area contributed by atoms with E-state index in [-0.39, 0.29) is 11.6 Å². The molecule has 0 saturated carbocycles. The van der Waals surface area contributed by atoms with Crippen LogP contribution in [0.5, 0.6) is 5.88 Å². The number of aromatic nitrogens is 4. The molecule has 4 heterocycles. The molecular weight excluding hydrogens is 449 g/mol. The summed E-state index contributed by atoms with van der Waals surface area (Å²) in [6.45, 7) is 2.77. The molecular formula is C26H30FN5O3. The van der Waals surface area contributed by atoms with Gasteiger partial charge < -0.3 is 19.4 Å². The predicted octanol–water partition coefficient (Wildman–Crippen LogP) is 3.84. The average Bonchev–Trinajstić information content (AvgIpc) is 3.16. The number of aromatic amines is 1. The number of ether oxygens (including phenoxy) is 2. The Morgan fingerprint density at radius 1 is 1.31 bits per heavy atom. The summed E-state index contributed by atoms with van der Waals surface area (Å²) in [7, 11) is 5.77. The lowest BCUT2D eigenvalue weighted by Gasteiger charge is -2.23. The highest BCUT2D eigenvalue weighted by Crippen LogP contribution is 2.35. The molecule has 35 heavy (non-hydrogen) atoms. The number of fused-ring (bicyclic) bond motifs is 3. The Bertz CT molecular complexity index is 1410. The highest BCUT2D eigenvalue weighted by molar-refractivity contribution is 6.05. The molecule has 0 aliphatic carbocycles. The van der Waals surface area contributed by atoms with Gasteiger partial charge in [-0.1, -0.05) is 0 Å². The van der Waals surface area contributed by atoms with Crippen LogP contribution >= 0.6 is 0 Å². The average molecular weight is 480 g/mol. The first kappa shape index (κ1) is 23.4. The molecule has 0 amide bonds. The number of benzene rings is 1. The molecule has 8 nitrogen and oxygen atoms in total. The van der Waals surface area contributed by atoms with Crippen molar-refractivity contribution in [3.05, 3.63) is 52.5 Å². The Kier molecular flexibility index (Phi) is 6.53. The number of halogens is 1. The van der Waals surface area contributed by atoms with E-state index < -0.39 is 5.82 Å². The van der Waals surface area contributed by atoms with E-state index in [4.69, 9.17) is 14.5 Å². The second-order valence-corrected chi connectivity index (χ2v) is 9.36.